The average Bonchev–Trinajstić information content (AvgIpc) is 3.36. The number of pyridine rings is 1. The van der Waals surface area contributed by atoms with E-state index in [1.54, 1.807) is 22.7 Å². The molecule has 1 aromatic carbocycles. The maximum Gasteiger partial charge on any atom is 0.416 e. The van der Waals surface area contributed by atoms with Gasteiger partial charge in [-0.2, -0.15) is 13.2 Å². The van der Waals surface area contributed by atoms with Crippen molar-refractivity contribution < 1.29 is 32.6 Å². The lowest BCUT2D eigenvalue weighted by atomic mass is 10.1. The summed E-state index contributed by atoms with van der Waals surface area (Å²) in [5.74, 6) is -0.596. The Bertz CT molecular complexity index is 1620. The molecule has 1 aliphatic rings. The van der Waals surface area contributed by atoms with E-state index in [9.17, 15) is 27.9 Å². The third kappa shape index (κ3) is 5.56. The zero-order valence-electron chi connectivity index (χ0n) is 22.0. The molecule has 1 aliphatic heterocycles. The first-order chi connectivity index (χ1) is 19.4. The zero-order valence-corrected chi connectivity index (χ0v) is 22.0. The number of hydrogen-bond donors (Lipinski definition) is 3. The summed E-state index contributed by atoms with van der Waals surface area (Å²) in [6.07, 6.45) is -3.77. The van der Waals surface area contributed by atoms with Crippen molar-refractivity contribution in [1.82, 2.24) is 24.3 Å². The number of nitrogens with two attached hydrogens (primary N) is 1. The topological polar surface area (TPSA) is 148 Å². The highest BCUT2D eigenvalue weighted by molar-refractivity contribution is 6.04. The minimum atomic E-state index is -4.57. The lowest BCUT2D eigenvalue weighted by Gasteiger charge is -2.33. The molecule has 0 saturated carbocycles. The van der Waals surface area contributed by atoms with Crippen molar-refractivity contribution >= 4 is 29.0 Å². The number of nitrogens with one attached hydrogen (secondary N) is 1. The summed E-state index contributed by atoms with van der Waals surface area (Å²) in [5.41, 5.74) is 7.80. The number of imidazole rings is 1. The molecule has 14 heteroatoms. The predicted molar refractivity (Wildman–Crippen MR) is 142 cm³/mol. The molecule has 5 rings (SSSR count). The highest BCUT2D eigenvalue weighted by atomic mass is 19.4. The summed E-state index contributed by atoms with van der Waals surface area (Å²) >= 11 is 0. The van der Waals surface area contributed by atoms with Gasteiger partial charge in [0.05, 0.1) is 18.7 Å². The SMILES string of the molecule is Cc1cnc(N)c2c(-c3ccc(C(=O)Nc4cc(C(F)(F)F)ccn4)cc3)nc([C@H]3CN(C(=O)C(C)O)CCO3)n12. The van der Waals surface area contributed by atoms with E-state index in [1.807, 2.05) is 6.92 Å². The van der Waals surface area contributed by atoms with Crippen molar-refractivity contribution in [2.45, 2.75) is 32.2 Å². The van der Waals surface area contributed by atoms with Gasteiger partial charge in [0.15, 0.2) is 0 Å². The number of anilines is 2. The highest BCUT2D eigenvalue weighted by Gasteiger charge is 2.32. The van der Waals surface area contributed by atoms with E-state index in [2.05, 4.69) is 15.3 Å². The Labute approximate surface area is 231 Å². The summed E-state index contributed by atoms with van der Waals surface area (Å²) in [5, 5.41) is 12.1. The number of nitrogen functional groups attached to an aromatic ring is 1. The Kier molecular flexibility index (Phi) is 7.36. The Balaban J connectivity index is 1.46. The first-order valence-electron chi connectivity index (χ1n) is 12.6. The largest absolute Gasteiger partial charge is 0.416 e. The van der Waals surface area contributed by atoms with Crippen LogP contribution in [-0.2, 0) is 15.7 Å². The molecule has 4 heterocycles. The number of aryl methyl sites for hydroxylation is 1. The molecule has 0 aliphatic carbocycles. The number of hydrogen-bond acceptors (Lipinski definition) is 8. The van der Waals surface area contributed by atoms with Crippen LogP contribution in [0, 0.1) is 6.92 Å². The molecule has 4 aromatic rings. The average molecular weight is 570 g/mol. The van der Waals surface area contributed by atoms with Crippen molar-refractivity contribution in [3.8, 4) is 11.3 Å². The number of nitrogens with zero attached hydrogens (tertiary/aromatic N) is 5. The van der Waals surface area contributed by atoms with Crippen LogP contribution in [0.25, 0.3) is 16.8 Å². The number of aromatic nitrogens is 4. The number of fused-ring (bicyclic) bond motifs is 1. The van der Waals surface area contributed by atoms with Gasteiger partial charge in [0.25, 0.3) is 11.8 Å². The minimum Gasteiger partial charge on any atom is -0.384 e. The van der Waals surface area contributed by atoms with Gasteiger partial charge in [-0.25, -0.2) is 15.0 Å². The molecule has 1 unspecified atom stereocenters. The number of benzene rings is 1. The molecule has 214 valence electrons. The summed E-state index contributed by atoms with van der Waals surface area (Å²) in [7, 11) is 0. The molecule has 1 saturated heterocycles. The maximum absolute atomic E-state index is 13.0. The Morgan fingerprint density at radius 3 is 2.61 bits per heavy atom. The number of aliphatic hydroxyl groups is 1. The van der Waals surface area contributed by atoms with Crippen LogP contribution in [0.4, 0.5) is 24.8 Å². The molecule has 2 amide bonds. The fourth-order valence-electron chi connectivity index (χ4n) is 4.64. The maximum atomic E-state index is 13.0. The fourth-order valence-corrected chi connectivity index (χ4v) is 4.64. The number of amides is 2. The minimum absolute atomic E-state index is 0.173. The molecule has 0 bridgehead atoms. The van der Waals surface area contributed by atoms with Crippen LogP contribution in [-0.4, -0.2) is 67.0 Å². The van der Waals surface area contributed by atoms with Crippen LogP contribution >= 0.6 is 0 Å². The van der Waals surface area contributed by atoms with Crippen LogP contribution in [0.3, 0.4) is 0 Å². The fraction of sp³-hybridized carbons (Fsp3) is 0.296. The summed E-state index contributed by atoms with van der Waals surface area (Å²) in [6, 6.07) is 7.84. The second-order valence-corrected chi connectivity index (χ2v) is 9.57. The van der Waals surface area contributed by atoms with Crippen LogP contribution < -0.4 is 11.1 Å². The van der Waals surface area contributed by atoms with Gasteiger partial charge in [0.1, 0.15) is 40.9 Å². The molecule has 2 atom stereocenters. The van der Waals surface area contributed by atoms with E-state index in [1.165, 1.54) is 24.0 Å². The van der Waals surface area contributed by atoms with Crippen LogP contribution in [0.2, 0.25) is 0 Å². The molecular formula is C27H26F3N7O4. The van der Waals surface area contributed by atoms with Gasteiger partial charge in [-0.05, 0) is 38.1 Å². The number of ether oxygens (including phenoxy) is 1. The summed E-state index contributed by atoms with van der Waals surface area (Å²) in [4.78, 5) is 39.5. The number of alkyl halides is 3. The summed E-state index contributed by atoms with van der Waals surface area (Å²) < 4.78 is 46.8. The first-order valence-corrected chi connectivity index (χ1v) is 12.6. The van der Waals surface area contributed by atoms with Crippen LogP contribution in [0.5, 0.6) is 0 Å². The lowest BCUT2D eigenvalue weighted by molar-refractivity contribution is -0.147. The smallest absolute Gasteiger partial charge is 0.384 e. The van der Waals surface area contributed by atoms with Crippen molar-refractivity contribution in [1.29, 1.82) is 0 Å². The van der Waals surface area contributed by atoms with Crippen molar-refractivity contribution in [3.05, 3.63) is 71.4 Å². The second-order valence-electron chi connectivity index (χ2n) is 9.57. The molecule has 4 N–H and O–H groups in total. The lowest BCUT2D eigenvalue weighted by Crippen LogP contribution is -2.46. The molecule has 0 spiro atoms. The standard InChI is InChI=1S/C27H26F3N7O4/c1-14-12-33-23(31)22-21(35-24(37(14)22)19-13-36(9-10-41-19)26(40)15(2)38)16-3-5-17(6-4-16)25(39)34-20-11-18(7-8-32-20)27(28,29)30/h3-8,11-12,15,19,38H,9-10,13H2,1-2H3,(H2,31,33)(H,32,34,39)/t15?,19-/m1/s1. The predicted octanol–water partition coefficient (Wildman–Crippen LogP) is 3.23. The number of morpholine rings is 1. The third-order valence-corrected chi connectivity index (χ3v) is 6.66. The van der Waals surface area contributed by atoms with Crippen LogP contribution in [0.1, 0.15) is 40.5 Å². The molecule has 11 nitrogen and oxygen atoms in total. The Hall–Kier alpha value is -4.56. The molecule has 3 aromatic heterocycles. The van der Waals surface area contributed by atoms with Gasteiger partial charge in [-0.3, -0.25) is 14.0 Å². The highest BCUT2D eigenvalue weighted by Crippen LogP contribution is 2.34. The first kappa shape index (κ1) is 28.0. The van der Waals surface area contributed by atoms with E-state index < -0.39 is 35.8 Å². The van der Waals surface area contributed by atoms with Crippen molar-refractivity contribution in [2.75, 3.05) is 30.7 Å². The van der Waals surface area contributed by atoms with Gasteiger partial charge >= 0.3 is 6.18 Å². The number of carbonyl (C=O) groups is 2. The quantitative estimate of drug-likeness (QED) is 0.332. The van der Waals surface area contributed by atoms with E-state index in [0.29, 0.717) is 29.1 Å². The Morgan fingerprint density at radius 1 is 1.20 bits per heavy atom. The number of rotatable bonds is 5. The number of carbonyl (C=O) groups excluding carboxylic acids is 2. The number of halogens is 3. The van der Waals surface area contributed by atoms with Gasteiger partial charge < -0.3 is 25.8 Å². The molecule has 0 radical (unpaired) electrons. The second kappa shape index (κ2) is 10.8. The molecule has 1 fully saturated rings. The van der Waals surface area contributed by atoms with E-state index >= 15 is 0 Å². The molecule has 41 heavy (non-hydrogen) atoms. The third-order valence-electron chi connectivity index (χ3n) is 6.66. The molecular weight excluding hydrogens is 543 g/mol. The number of aliphatic hydroxyl groups excluding tert-OH is 1. The monoisotopic (exact) mass is 569 g/mol. The Morgan fingerprint density at radius 2 is 1.93 bits per heavy atom. The van der Waals surface area contributed by atoms with Gasteiger partial charge in [-0.1, -0.05) is 12.1 Å². The van der Waals surface area contributed by atoms with Gasteiger partial charge in [-0.15, -0.1) is 0 Å². The zero-order chi connectivity index (χ0) is 29.5. The normalized spacial score (nSPS) is 16.5. The van der Waals surface area contributed by atoms with E-state index in [-0.39, 0.29) is 30.4 Å². The summed E-state index contributed by atoms with van der Waals surface area (Å²) in [6.45, 7) is 3.99. The van der Waals surface area contributed by atoms with Gasteiger partial charge in [0, 0.05) is 35.8 Å². The van der Waals surface area contributed by atoms with Crippen molar-refractivity contribution in [2.24, 2.45) is 0 Å². The van der Waals surface area contributed by atoms with Gasteiger partial charge in [0.2, 0.25) is 0 Å². The van der Waals surface area contributed by atoms with Crippen LogP contribution in [0.15, 0.2) is 48.8 Å². The van der Waals surface area contributed by atoms with E-state index in [0.717, 1.165) is 24.0 Å². The van der Waals surface area contributed by atoms with Crippen molar-refractivity contribution in [3.63, 3.8) is 0 Å². The van der Waals surface area contributed by atoms with E-state index in [4.69, 9.17) is 15.5 Å².